The van der Waals surface area contributed by atoms with Gasteiger partial charge >= 0.3 is 0 Å². The quantitative estimate of drug-likeness (QED) is 0.503. The molecule has 0 aromatic heterocycles. The van der Waals surface area contributed by atoms with Crippen molar-refractivity contribution in [2.24, 2.45) is 16.7 Å². The van der Waals surface area contributed by atoms with E-state index in [2.05, 4.69) is 51.2 Å². The summed E-state index contributed by atoms with van der Waals surface area (Å²) in [5.41, 5.74) is 2.23. The summed E-state index contributed by atoms with van der Waals surface area (Å²) >= 11 is 6.19. The Morgan fingerprint density at radius 2 is 1.73 bits per heavy atom. The lowest BCUT2D eigenvalue weighted by Crippen LogP contribution is -2.66. The number of halogens is 1. The summed E-state index contributed by atoms with van der Waals surface area (Å²) in [5.74, 6) is 1.63. The van der Waals surface area contributed by atoms with Gasteiger partial charge in [-0.1, -0.05) is 63.6 Å². The minimum absolute atomic E-state index is 0.0610. The zero-order chi connectivity index (χ0) is 23.8. The zero-order valence-electron chi connectivity index (χ0n) is 20.0. The second-order valence-electron chi connectivity index (χ2n) is 10.7. The molecule has 0 spiro atoms. The molecule has 0 amide bonds. The molecule has 0 atom stereocenters. The van der Waals surface area contributed by atoms with Crippen LogP contribution in [0.15, 0.2) is 42.5 Å². The first-order valence-corrected chi connectivity index (χ1v) is 12.2. The van der Waals surface area contributed by atoms with Crippen LogP contribution >= 0.6 is 11.6 Å². The van der Waals surface area contributed by atoms with Crippen LogP contribution in [0.2, 0.25) is 5.02 Å². The van der Waals surface area contributed by atoms with Gasteiger partial charge < -0.3 is 10.1 Å². The third-order valence-electron chi connectivity index (χ3n) is 7.90. The fourth-order valence-corrected chi connectivity index (χ4v) is 6.43. The third-order valence-corrected chi connectivity index (χ3v) is 8.21. The average molecular weight is 465 g/mol. The van der Waals surface area contributed by atoms with Crippen molar-refractivity contribution in [3.05, 3.63) is 64.2 Å². The van der Waals surface area contributed by atoms with Crippen molar-refractivity contribution in [2.75, 3.05) is 13.1 Å². The molecule has 0 bridgehead atoms. The fourth-order valence-electron chi connectivity index (χ4n) is 6.21. The molecule has 0 radical (unpaired) electrons. The molecule has 4 rings (SSSR count). The largest absolute Gasteiger partial charge is 0.489 e. The van der Waals surface area contributed by atoms with Gasteiger partial charge in [0.25, 0.3) is 0 Å². The van der Waals surface area contributed by atoms with Crippen molar-refractivity contribution in [2.45, 2.75) is 59.0 Å². The predicted octanol–water partition coefficient (Wildman–Crippen LogP) is 6.38. The van der Waals surface area contributed by atoms with Gasteiger partial charge in [-0.2, -0.15) is 5.26 Å². The van der Waals surface area contributed by atoms with Crippen LogP contribution in [-0.2, 0) is 0 Å². The van der Waals surface area contributed by atoms with Crippen LogP contribution in [0.25, 0.3) is 0 Å². The molecule has 2 fully saturated rings. The maximum atomic E-state index is 13.2. The molecule has 2 aromatic carbocycles. The maximum Gasteiger partial charge on any atom is 0.163 e. The van der Waals surface area contributed by atoms with Gasteiger partial charge in [-0.25, -0.2) is 0 Å². The molecule has 2 aliphatic rings. The highest BCUT2D eigenvalue weighted by Gasteiger charge is 2.63. The maximum absolute atomic E-state index is 13.2. The standard InChI is InChI=1S/C28H33ClN2O2/c1-27(2)25(28(3,4)26(27)33-22-10-9-21(17-30)23(29)15-22)16-24(32)20-7-5-18(6-8-20)19-11-13-31-14-12-19/h5-10,15,19,25-26,31H,11-14,16H2,1-4H3. The van der Waals surface area contributed by atoms with Crippen LogP contribution in [0.5, 0.6) is 5.75 Å². The number of nitriles is 1. The van der Waals surface area contributed by atoms with E-state index in [0.29, 0.717) is 28.7 Å². The normalized spacial score (nSPS) is 23.9. The Morgan fingerprint density at radius 1 is 1.09 bits per heavy atom. The topological polar surface area (TPSA) is 62.1 Å². The van der Waals surface area contributed by atoms with Gasteiger partial charge in [0, 0.05) is 28.9 Å². The van der Waals surface area contributed by atoms with Gasteiger partial charge in [-0.3, -0.25) is 4.79 Å². The molecule has 1 saturated heterocycles. The number of carbonyl (C=O) groups is 1. The molecule has 1 saturated carbocycles. The van der Waals surface area contributed by atoms with Crippen molar-refractivity contribution in [3.8, 4) is 11.8 Å². The van der Waals surface area contributed by atoms with E-state index in [-0.39, 0.29) is 28.6 Å². The van der Waals surface area contributed by atoms with Crippen LogP contribution in [0.4, 0.5) is 0 Å². The Bertz CT molecular complexity index is 1050. The second-order valence-corrected chi connectivity index (χ2v) is 11.1. The van der Waals surface area contributed by atoms with E-state index in [0.717, 1.165) is 31.5 Å². The highest BCUT2D eigenvalue weighted by atomic mass is 35.5. The molecule has 2 aromatic rings. The summed E-state index contributed by atoms with van der Waals surface area (Å²) in [5, 5.41) is 12.9. The summed E-state index contributed by atoms with van der Waals surface area (Å²) < 4.78 is 6.35. The van der Waals surface area contributed by atoms with E-state index in [1.807, 2.05) is 12.1 Å². The number of nitrogens with one attached hydrogen (secondary N) is 1. The van der Waals surface area contributed by atoms with E-state index in [1.165, 1.54) is 5.56 Å². The summed E-state index contributed by atoms with van der Waals surface area (Å²) in [6.45, 7) is 10.8. The first-order chi connectivity index (χ1) is 15.6. The molecule has 1 aliphatic heterocycles. The Balaban J connectivity index is 1.43. The minimum Gasteiger partial charge on any atom is -0.489 e. The van der Waals surface area contributed by atoms with Crippen molar-refractivity contribution < 1.29 is 9.53 Å². The van der Waals surface area contributed by atoms with E-state index in [9.17, 15) is 4.79 Å². The lowest BCUT2D eigenvalue weighted by molar-refractivity contribution is -0.196. The summed E-state index contributed by atoms with van der Waals surface area (Å²) in [6.07, 6.45) is 2.75. The molecule has 1 N–H and O–H groups in total. The highest BCUT2D eigenvalue weighted by molar-refractivity contribution is 6.31. The Morgan fingerprint density at radius 3 is 2.30 bits per heavy atom. The number of ether oxygens (including phenoxy) is 1. The van der Waals surface area contributed by atoms with E-state index < -0.39 is 0 Å². The van der Waals surface area contributed by atoms with Crippen molar-refractivity contribution in [1.82, 2.24) is 5.32 Å². The number of piperidine rings is 1. The number of carbonyl (C=O) groups excluding carboxylic acids is 1. The van der Waals surface area contributed by atoms with Gasteiger partial charge in [0.2, 0.25) is 0 Å². The fraction of sp³-hybridized carbons (Fsp3) is 0.500. The Labute approximate surface area is 202 Å². The van der Waals surface area contributed by atoms with Crippen molar-refractivity contribution in [3.63, 3.8) is 0 Å². The number of ketones is 1. The number of nitrogens with zero attached hydrogens (tertiary/aromatic N) is 1. The van der Waals surface area contributed by atoms with E-state index in [1.54, 1.807) is 18.2 Å². The molecule has 5 heteroatoms. The number of hydrogen-bond donors (Lipinski definition) is 1. The van der Waals surface area contributed by atoms with Gasteiger partial charge in [0.15, 0.2) is 5.78 Å². The number of rotatable bonds is 6. The highest BCUT2D eigenvalue weighted by Crippen LogP contribution is 2.61. The SMILES string of the molecule is CC1(C)C(CC(=O)c2ccc(C3CCNCC3)cc2)C(C)(C)C1Oc1ccc(C#N)c(Cl)c1. The predicted molar refractivity (Wildman–Crippen MR) is 132 cm³/mol. The van der Waals surface area contributed by atoms with Crippen LogP contribution in [0.3, 0.4) is 0 Å². The molecule has 0 unspecified atom stereocenters. The number of benzene rings is 2. The minimum atomic E-state index is -0.172. The molecule has 1 aliphatic carbocycles. The van der Waals surface area contributed by atoms with Crippen molar-refractivity contribution in [1.29, 1.82) is 5.26 Å². The Hall–Kier alpha value is -2.35. The molecular formula is C28H33ClN2O2. The number of hydrogen-bond acceptors (Lipinski definition) is 4. The van der Waals surface area contributed by atoms with Crippen LogP contribution < -0.4 is 10.1 Å². The monoisotopic (exact) mass is 464 g/mol. The molecule has 4 nitrogen and oxygen atoms in total. The molecular weight excluding hydrogens is 432 g/mol. The summed E-state index contributed by atoms with van der Waals surface area (Å²) in [4.78, 5) is 13.2. The van der Waals surface area contributed by atoms with Gasteiger partial charge in [0.1, 0.15) is 17.9 Å². The summed E-state index contributed by atoms with van der Waals surface area (Å²) in [6, 6.07) is 15.5. The van der Waals surface area contributed by atoms with Gasteiger partial charge in [-0.15, -0.1) is 0 Å². The second kappa shape index (κ2) is 9.12. The number of Topliss-reactive ketones (excluding diaryl/α,β-unsaturated/α-hetero) is 1. The van der Waals surface area contributed by atoms with Crippen LogP contribution in [0, 0.1) is 28.1 Å². The van der Waals surface area contributed by atoms with E-state index >= 15 is 0 Å². The molecule has 1 heterocycles. The molecule has 174 valence electrons. The lowest BCUT2D eigenvalue weighted by Gasteiger charge is -2.63. The van der Waals surface area contributed by atoms with Crippen LogP contribution in [-0.4, -0.2) is 25.0 Å². The van der Waals surface area contributed by atoms with Crippen molar-refractivity contribution >= 4 is 17.4 Å². The first kappa shape index (κ1) is 23.8. The lowest BCUT2D eigenvalue weighted by atomic mass is 9.44. The Kier molecular flexibility index (Phi) is 6.58. The van der Waals surface area contributed by atoms with Gasteiger partial charge in [-0.05, 0) is 55.5 Å². The van der Waals surface area contributed by atoms with Gasteiger partial charge in [0.05, 0.1) is 10.6 Å². The summed E-state index contributed by atoms with van der Waals surface area (Å²) in [7, 11) is 0. The average Bonchev–Trinajstić information content (AvgIpc) is 2.81. The molecule has 33 heavy (non-hydrogen) atoms. The third kappa shape index (κ3) is 4.54. The smallest absolute Gasteiger partial charge is 0.163 e. The first-order valence-electron chi connectivity index (χ1n) is 11.8. The van der Waals surface area contributed by atoms with Crippen LogP contribution in [0.1, 0.15) is 74.4 Å². The van der Waals surface area contributed by atoms with E-state index in [4.69, 9.17) is 21.6 Å². The zero-order valence-corrected chi connectivity index (χ0v) is 20.7.